The van der Waals surface area contributed by atoms with E-state index in [1.165, 1.54) is 4.90 Å². The number of hydrogen-bond donors (Lipinski definition) is 2. The van der Waals surface area contributed by atoms with Crippen molar-refractivity contribution in [3.05, 3.63) is 35.9 Å². The summed E-state index contributed by atoms with van der Waals surface area (Å²) in [5.74, 6) is -0.259. The third-order valence-electron chi connectivity index (χ3n) is 2.63. The molecule has 0 bridgehead atoms. The topological polar surface area (TPSA) is 69.6 Å². The van der Waals surface area contributed by atoms with Gasteiger partial charge in [-0.25, -0.2) is 9.59 Å². The number of amides is 2. The van der Waals surface area contributed by atoms with E-state index in [1.807, 2.05) is 6.26 Å². The van der Waals surface area contributed by atoms with Gasteiger partial charge in [-0.2, -0.15) is 11.8 Å². The third-order valence-corrected chi connectivity index (χ3v) is 3.22. The molecule has 1 rings (SSSR count). The van der Waals surface area contributed by atoms with Gasteiger partial charge in [0, 0.05) is 19.3 Å². The van der Waals surface area contributed by atoms with E-state index < -0.39 is 12.0 Å². The van der Waals surface area contributed by atoms with Crippen molar-refractivity contribution >= 4 is 23.8 Å². The predicted octanol–water partition coefficient (Wildman–Crippen LogP) is 1.82. The highest BCUT2D eigenvalue weighted by Crippen LogP contribution is 2.13. The smallest absolute Gasteiger partial charge is 0.330 e. The highest BCUT2D eigenvalue weighted by Gasteiger charge is 2.23. The number of aliphatic carboxylic acids is 1. The summed E-state index contributed by atoms with van der Waals surface area (Å²) in [6.07, 6.45) is 1.95. The summed E-state index contributed by atoms with van der Waals surface area (Å²) in [6.45, 7) is 0.578. The maximum Gasteiger partial charge on any atom is 0.330 e. The molecule has 0 heterocycles. The molecular weight excluding hydrogens is 264 g/mol. The van der Waals surface area contributed by atoms with Gasteiger partial charge in [0.05, 0.1) is 0 Å². The van der Waals surface area contributed by atoms with Crippen molar-refractivity contribution in [1.29, 1.82) is 0 Å². The molecule has 0 spiro atoms. The molecule has 0 aliphatic rings. The Balaban J connectivity index is 2.70. The van der Waals surface area contributed by atoms with Crippen LogP contribution in [0.15, 0.2) is 30.3 Å². The number of thioether (sulfide) groups is 1. The Kier molecular flexibility index (Phi) is 6.21. The molecule has 0 saturated heterocycles. The Hall–Kier alpha value is -1.69. The molecule has 0 aliphatic carbocycles. The van der Waals surface area contributed by atoms with Gasteiger partial charge in [0.25, 0.3) is 0 Å². The second-order valence-electron chi connectivity index (χ2n) is 4.05. The normalized spacial score (nSPS) is 11.7. The largest absolute Gasteiger partial charge is 0.479 e. The molecule has 104 valence electrons. The van der Waals surface area contributed by atoms with E-state index in [0.717, 1.165) is 5.75 Å². The lowest BCUT2D eigenvalue weighted by Crippen LogP contribution is -2.42. The van der Waals surface area contributed by atoms with Gasteiger partial charge in [-0.05, 0) is 11.8 Å². The lowest BCUT2D eigenvalue weighted by atomic mass is 10.1. The number of carbonyl (C=O) groups excluding carboxylic acids is 1. The van der Waals surface area contributed by atoms with Crippen LogP contribution in [-0.4, -0.2) is 47.6 Å². The standard InChI is InChI=1S/C13H18N2O3S/c1-15(8-9-19-2)13(18)14-11(12(16)17)10-6-4-3-5-7-10/h3-7,11H,8-9H2,1-2H3,(H,14,18)(H,16,17)/t11-/m1/s1. The van der Waals surface area contributed by atoms with E-state index >= 15 is 0 Å². The van der Waals surface area contributed by atoms with Gasteiger partial charge in [-0.1, -0.05) is 30.3 Å². The summed E-state index contributed by atoms with van der Waals surface area (Å²) in [7, 11) is 1.65. The Bertz CT molecular complexity index is 425. The molecule has 1 aromatic carbocycles. The van der Waals surface area contributed by atoms with Gasteiger partial charge in [0.15, 0.2) is 6.04 Å². The maximum absolute atomic E-state index is 11.9. The van der Waals surface area contributed by atoms with Crippen LogP contribution < -0.4 is 5.32 Å². The summed E-state index contributed by atoms with van der Waals surface area (Å²) < 4.78 is 0. The molecular formula is C13H18N2O3S. The number of carboxylic acids is 1. The van der Waals surface area contributed by atoms with Crippen molar-refractivity contribution < 1.29 is 14.7 Å². The van der Waals surface area contributed by atoms with Crippen LogP contribution in [0.2, 0.25) is 0 Å². The minimum absolute atomic E-state index is 0.384. The summed E-state index contributed by atoms with van der Waals surface area (Å²) in [5, 5.41) is 11.7. The zero-order valence-corrected chi connectivity index (χ0v) is 11.8. The summed E-state index contributed by atoms with van der Waals surface area (Å²) in [5.41, 5.74) is 0.557. The molecule has 0 aliphatic heterocycles. The van der Waals surface area contributed by atoms with E-state index in [1.54, 1.807) is 49.1 Å². The lowest BCUT2D eigenvalue weighted by Gasteiger charge is -2.21. The van der Waals surface area contributed by atoms with E-state index in [4.69, 9.17) is 0 Å². The molecule has 0 fully saturated rings. The van der Waals surface area contributed by atoms with Gasteiger partial charge in [0.1, 0.15) is 0 Å². The quantitative estimate of drug-likeness (QED) is 0.835. The number of hydrogen-bond acceptors (Lipinski definition) is 3. The van der Waals surface area contributed by atoms with Gasteiger partial charge in [-0.3, -0.25) is 0 Å². The van der Waals surface area contributed by atoms with Crippen molar-refractivity contribution in [1.82, 2.24) is 10.2 Å². The Labute approximate surface area is 117 Å². The summed E-state index contributed by atoms with van der Waals surface area (Å²) >= 11 is 1.63. The molecule has 0 aromatic heterocycles. The molecule has 2 amide bonds. The minimum atomic E-state index is -1.07. The van der Waals surface area contributed by atoms with Crippen LogP contribution in [0.25, 0.3) is 0 Å². The van der Waals surface area contributed by atoms with Gasteiger partial charge < -0.3 is 15.3 Å². The SMILES string of the molecule is CSCCN(C)C(=O)N[C@@H](C(=O)O)c1ccccc1. The van der Waals surface area contributed by atoms with E-state index in [-0.39, 0.29) is 6.03 Å². The molecule has 0 saturated carbocycles. The second-order valence-corrected chi connectivity index (χ2v) is 5.03. The van der Waals surface area contributed by atoms with Crippen LogP contribution in [0.5, 0.6) is 0 Å². The fourth-order valence-corrected chi connectivity index (χ4v) is 1.95. The summed E-state index contributed by atoms with van der Waals surface area (Å²) in [4.78, 5) is 24.6. The van der Waals surface area contributed by atoms with Crippen molar-refractivity contribution in [2.75, 3.05) is 25.6 Å². The molecule has 0 radical (unpaired) electrons. The molecule has 6 heteroatoms. The van der Waals surface area contributed by atoms with Gasteiger partial charge >= 0.3 is 12.0 Å². The number of benzene rings is 1. The van der Waals surface area contributed by atoms with Crippen molar-refractivity contribution in [2.24, 2.45) is 0 Å². The second kappa shape index (κ2) is 7.68. The Morgan fingerprint density at radius 1 is 1.37 bits per heavy atom. The van der Waals surface area contributed by atoms with E-state index in [9.17, 15) is 14.7 Å². The molecule has 1 aromatic rings. The molecule has 19 heavy (non-hydrogen) atoms. The van der Waals surface area contributed by atoms with Crippen LogP contribution in [0.4, 0.5) is 4.79 Å². The molecule has 2 N–H and O–H groups in total. The Morgan fingerprint density at radius 2 is 2.00 bits per heavy atom. The molecule has 0 unspecified atom stereocenters. The first kappa shape index (κ1) is 15.4. The van der Waals surface area contributed by atoms with Crippen LogP contribution in [0, 0.1) is 0 Å². The number of nitrogens with one attached hydrogen (secondary N) is 1. The number of nitrogens with zero attached hydrogens (tertiary/aromatic N) is 1. The lowest BCUT2D eigenvalue weighted by molar-refractivity contribution is -0.139. The molecule has 5 nitrogen and oxygen atoms in total. The fourth-order valence-electron chi connectivity index (χ4n) is 1.50. The number of carboxylic acid groups (broad SMARTS) is 1. The average molecular weight is 282 g/mol. The van der Waals surface area contributed by atoms with Crippen LogP contribution >= 0.6 is 11.8 Å². The van der Waals surface area contributed by atoms with Crippen molar-refractivity contribution in [2.45, 2.75) is 6.04 Å². The van der Waals surface area contributed by atoms with Crippen LogP contribution in [0.3, 0.4) is 0 Å². The van der Waals surface area contributed by atoms with Gasteiger partial charge in [-0.15, -0.1) is 0 Å². The monoisotopic (exact) mass is 282 g/mol. The van der Waals surface area contributed by atoms with Gasteiger partial charge in [0.2, 0.25) is 0 Å². The fraction of sp³-hybridized carbons (Fsp3) is 0.385. The molecule has 1 atom stereocenters. The Morgan fingerprint density at radius 3 is 2.53 bits per heavy atom. The van der Waals surface area contributed by atoms with E-state index in [0.29, 0.717) is 12.1 Å². The zero-order valence-electron chi connectivity index (χ0n) is 11.0. The first-order valence-corrected chi connectivity index (χ1v) is 7.24. The highest BCUT2D eigenvalue weighted by molar-refractivity contribution is 7.98. The van der Waals surface area contributed by atoms with Crippen LogP contribution in [0.1, 0.15) is 11.6 Å². The summed E-state index contributed by atoms with van der Waals surface area (Å²) in [6, 6.07) is 7.25. The highest BCUT2D eigenvalue weighted by atomic mass is 32.2. The average Bonchev–Trinajstić information content (AvgIpc) is 2.42. The predicted molar refractivity (Wildman–Crippen MR) is 76.4 cm³/mol. The third kappa shape index (κ3) is 4.82. The van der Waals surface area contributed by atoms with Crippen molar-refractivity contribution in [3.8, 4) is 0 Å². The first-order chi connectivity index (χ1) is 9.06. The maximum atomic E-state index is 11.9. The number of rotatable bonds is 6. The van der Waals surface area contributed by atoms with Crippen LogP contribution in [-0.2, 0) is 4.79 Å². The number of urea groups is 1. The van der Waals surface area contributed by atoms with Crippen molar-refractivity contribution in [3.63, 3.8) is 0 Å². The van der Waals surface area contributed by atoms with E-state index in [2.05, 4.69) is 5.32 Å². The first-order valence-electron chi connectivity index (χ1n) is 5.84. The number of carbonyl (C=O) groups is 2. The zero-order chi connectivity index (χ0) is 14.3. The minimum Gasteiger partial charge on any atom is -0.479 e.